The molecule has 1 saturated carbocycles. The summed E-state index contributed by atoms with van der Waals surface area (Å²) >= 11 is 1.65. The number of nitrogens with zero attached hydrogens (tertiary/aromatic N) is 2. The lowest BCUT2D eigenvalue weighted by Crippen LogP contribution is -2.35. The van der Waals surface area contributed by atoms with Crippen LogP contribution >= 0.6 is 11.8 Å². The molecule has 2 aromatic carbocycles. The summed E-state index contributed by atoms with van der Waals surface area (Å²) in [7, 11) is 1.92. The van der Waals surface area contributed by atoms with Crippen LogP contribution in [-0.4, -0.2) is 40.5 Å². The van der Waals surface area contributed by atoms with Gasteiger partial charge in [-0.15, -0.1) is 11.8 Å². The first-order chi connectivity index (χ1) is 13.6. The molecular formula is C23H26N2O2S. The number of carbonyl (C=O) groups excluding carboxylic acids is 2. The summed E-state index contributed by atoms with van der Waals surface area (Å²) in [5.41, 5.74) is 2.93. The number of carbonyl (C=O) groups is 2. The highest BCUT2D eigenvalue weighted by Crippen LogP contribution is 2.39. The zero-order chi connectivity index (χ0) is 19.5. The Labute approximate surface area is 170 Å². The number of hydrogen-bond acceptors (Lipinski definition) is 3. The fraction of sp³-hybridized carbons (Fsp3) is 0.391. The van der Waals surface area contributed by atoms with Gasteiger partial charge in [0.05, 0.1) is 5.75 Å². The zero-order valence-electron chi connectivity index (χ0n) is 16.2. The van der Waals surface area contributed by atoms with E-state index >= 15 is 0 Å². The van der Waals surface area contributed by atoms with Crippen molar-refractivity contribution in [3.05, 3.63) is 71.3 Å². The third-order valence-electron chi connectivity index (χ3n) is 5.80. The highest BCUT2D eigenvalue weighted by atomic mass is 32.2. The molecule has 0 spiro atoms. The van der Waals surface area contributed by atoms with E-state index in [1.54, 1.807) is 11.8 Å². The van der Waals surface area contributed by atoms with Gasteiger partial charge in [0.15, 0.2) is 0 Å². The molecule has 28 heavy (non-hydrogen) atoms. The molecule has 2 aliphatic rings. The van der Waals surface area contributed by atoms with Crippen LogP contribution < -0.4 is 0 Å². The molecule has 0 radical (unpaired) electrons. The second kappa shape index (κ2) is 8.39. The molecule has 0 aromatic heterocycles. The van der Waals surface area contributed by atoms with Crippen LogP contribution in [-0.2, 0) is 11.3 Å². The normalized spacial score (nSPS) is 20.0. The minimum Gasteiger partial charge on any atom is -0.339 e. The number of hydrogen-bond donors (Lipinski definition) is 0. The van der Waals surface area contributed by atoms with Gasteiger partial charge in [-0.1, -0.05) is 55.3 Å². The number of amides is 2. The van der Waals surface area contributed by atoms with E-state index in [1.807, 2.05) is 71.4 Å². The minimum atomic E-state index is 0.00409. The molecule has 1 aliphatic carbocycles. The number of rotatable bonds is 5. The molecule has 0 unspecified atom stereocenters. The molecule has 0 bridgehead atoms. The lowest BCUT2D eigenvalue weighted by molar-refractivity contribution is -0.128. The smallest absolute Gasteiger partial charge is 0.253 e. The van der Waals surface area contributed by atoms with E-state index in [9.17, 15) is 9.59 Å². The molecule has 0 N–H and O–H groups in total. The maximum atomic E-state index is 12.8. The topological polar surface area (TPSA) is 40.6 Å². The van der Waals surface area contributed by atoms with Crippen molar-refractivity contribution in [1.29, 1.82) is 0 Å². The van der Waals surface area contributed by atoms with Crippen molar-refractivity contribution in [2.45, 2.75) is 43.6 Å². The van der Waals surface area contributed by atoms with Gasteiger partial charge >= 0.3 is 0 Å². The number of benzene rings is 2. The third-order valence-corrected chi connectivity index (χ3v) is 7.06. The van der Waals surface area contributed by atoms with E-state index in [-0.39, 0.29) is 17.2 Å². The Morgan fingerprint density at radius 1 is 1.07 bits per heavy atom. The quantitative estimate of drug-likeness (QED) is 0.751. The Balaban J connectivity index is 1.48. The van der Waals surface area contributed by atoms with Crippen LogP contribution in [0.15, 0.2) is 54.6 Å². The highest BCUT2D eigenvalue weighted by Gasteiger charge is 2.33. The fourth-order valence-corrected chi connectivity index (χ4v) is 5.32. The molecule has 146 valence electrons. The van der Waals surface area contributed by atoms with Gasteiger partial charge in [0.25, 0.3) is 5.91 Å². The van der Waals surface area contributed by atoms with Crippen molar-refractivity contribution in [3.8, 4) is 0 Å². The summed E-state index contributed by atoms with van der Waals surface area (Å²) in [5.74, 6) is 0.762. The molecular weight excluding hydrogens is 368 g/mol. The second-order valence-corrected chi connectivity index (χ2v) is 8.72. The van der Waals surface area contributed by atoms with E-state index in [2.05, 4.69) is 0 Å². The van der Waals surface area contributed by atoms with Crippen LogP contribution in [0, 0.1) is 0 Å². The number of thioether (sulfide) groups is 1. The van der Waals surface area contributed by atoms with E-state index in [4.69, 9.17) is 0 Å². The Kier molecular flexibility index (Phi) is 5.72. The van der Waals surface area contributed by atoms with Crippen LogP contribution in [0.4, 0.5) is 0 Å². The van der Waals surface area contributed by atoms with Crippen molar-refractivity contribution >= 4 is 23.6 Å². The van der Waals surface area contributed by atoms with E-state index in [0.717, 1.165) is 29.5 Å². The summed E-state index contributed by atoms with van der Waals surface area (Å²) in [5, 5.41) is 0.00409. The molecule has 5 heteroatoms. The van der Waals surface area contributed by atoms with Gasteiger partial charge in [0, 0.05) is 25.2 Å². The van der Waals surface area contributed by atoms with Crippen molar-refractivity contribution in [2.24, 2.45) is 0 Å². The van der Waals surface area contributed by atoms with Gasteiger partial charge < -0.3 is 9.80 Å². The van der Waals surface area contributed by atoms with E-state index in [0.29, 0.717) is 18.3 Å². The standard InChI is InChI=1S/C23H26N2O2S/c1-24(20-9-5-6-10-20)22(27)18-11-13-19(14-12-18)23-25(21(26)16-28-23)15-17-7-3-2-4-8-17/h2-4,7-8,11-14,20,23H,5-6,9-10,15-16H2,1H3/t23-/m1/s1. The van der Waals surface area contributed by atoms with Crippen molar-refractivity contribution in [3.63, 3.8) is 0 Å². The van der Waals surface area contributed by atoms with Gasteiger partial charge in [-0.25, -0.2) is 0 Å². The molecule has 1 heterocycles. The lowest BCUT2D eigenvalue weighted by atomic mass is 10.1. The van der Waals surface area contributed by atoms with Gasteiger partial charge in [-0.2, -0.15) is 0 Å². The lowest BCUT2D eigenvalue weighted by Gasteiger charge is -2.26. The third kappa shape index (κ3) is 3.95. The van der Waals surface area contributed by atoms with Crippen LogP contribution in [0.1, 0.15) is 52.5 Å². The fourth-order valence-electron chi connectivity index (χ4n) is 4.13. The monoisotopic (exact) mass is 394 g/mol. The van der Waals surface area contributed by atoms with Gasteiger partial charge in [-0.05, 0) is 36.1 Å². The van der Waals surface area contributed by atoms with Crippen molar-refractivity contribution < 1.29 is 9.59 Å². The summed E-state index contributed by atoms with van der Waals surface area (Å²) in [6.07, 6.45) is 4.64. The second-order valence-electron chi connectivity index (χ2n) is 7.65. The summed E-state index contributed by atoms with van der Waals surface area (Å²) in [4.78, 5) is 29.0. The average molecular weight is 395 g/mol. The first kappa shape index (κ1) is 19.1. The Bertz CT molecular complexity index is 831. The summed E-state index contributed by atoms with van der Waals surface area (Å²) < 4.78 is 0. The highest BCUT2D eigenvalue weighted by molar-refractivity contribution is 8.00. The van der Waals surface area contributed by atoms with Gasteiger partial charge in [-0.3, -0.25) is 9.59 Å². The van der Waals surface area contributed by atoms with Crippen molar-refractivity contribution in [1.82, 2.24) is 9.80 Å². The van der Waals surface area contributed by atoms with Crippen LogP contribution in [0.3, 0.4) is 0 Å². The van der Waals surface area contributed by atoms with E-state index in [1.165, 1.54) is 12.8 Å². The van der Waals surface area contributed by atoms with Crippen LogP contribution in [0.2, 0.25) is 0 Å². The first-order valence-electron chi connectivity index (χ1n) is 9.95. The molecule has 4 rings (SSSR count). The Hall–Kier alpha value is -2.27. The summed E-state index contributed by atoms with van der Waals surface area (Å²) in [6, 6.07) is 18.3. The SMILES string of the molecule is CN(C(=O)c1ccc([C@H]2SCC(=O)N2Cc2ccccc2)cc1)C1CCCC1. The molecule has 1 aliphatic heterocycles. The summed E-state index contributed by atoms with van der Waals surface area (Å²) in [6.45, 7) is 0.614. The van der Waals surface area contributed by atoms with Crippen LogP contribution in [0.5, 0.6) is 0 Å². The zero-order valence-corrected chi connectivity index (χ0v) is 17.0. The van der Waals surface area contributed by atoms with Gasteiger partial charge in [0.2, 0.25) is 5.91 Å². The first-order valence-corrected chi connectivity index (χ1v) is 11.0. The van der Waals surface area contributed by atoms with Crippen molar-refractivity contribution in [2.75, 3.05) is 12.8 Å². The predicted molar refractivity (Wildman–Crippen MR) is 113 cm³/mol. The van der Waals surface area contributed by atoms with Crippen LogP contribution in [0.25, 0.3) is 0 Å². The van der Waals surface area contributed by atoms with E-state index < -0.39 is 0 Å². The Morgan fingerprint density at radius 2 is 1.75 bits per heavy atom. The molecule has 4 nitrogen and oxygen atoms in total. The largest absolute Gasteiger partial charge is 0.339 e. The predicted octanol–water partition coefficient (Wildman–Crippen LogP) is 4.48. The maximum absolute atomic E-state index is 12.8. The Morgan fingerprint density at radius 3 is 2.43 bits per heavy atom. The molecule has 1 saturated heterocycles. The minimum absolute atomic E-state index is 0.00409. The molecule has 2 amide bonds. The maximum Gasteiger partial charge on any atom is 0.253 e. The molecule has 2 fully saturated rings. The molecule has 1 atom stereocenters. The van der Waals surface area contributed by atoms with Gasteiger partial charge in [0.1, 0.15) is 5.37 Å². The average Bonchev–Trinajstić information content (AvgIpc) is 3.39. The molecule has 2 aromatic rings.